The van der Waals surface area contributed by atoms with Gasteiger partial charge in [-0.3, -0.25) is 14.7 Å². The smallest absolute Gasteiger partial charge is 0.225 e. The van der Waals surface area contributed by atoms with Gasteiger partial charge in [0.05, 0.1) is 5.54 Å². The second-order valence-electron chi connectivity index (χ2n) is 11.2. The predicted octanol–water partition coefficient (Wildman–Crippen LogP) is 6.69. The fourth-order valence-electron chi connectivity index (χ4n) is 7.23. The lowest BCUT2D eigenvalue weighted by Gasteiger charge is -2.55. The molecule has 4 nitrogen and oxygen atoms in total. The lowest BCUT2D eigenvalue weighted by molar-refractivity contribution is -0.117. The lowest BCUT2D eigenvalue weighted by Crippen LogP contribution is -2.52. The number of amidine groups is 1. The van der Waals surface area contributed by atoms with Crippen molar-refractivity contribution >= 4 is 40.9 Å². The first-order chi connectivity index (χ1) is 15.4. The van der Waals surface area contributed by atoms with Gasteiger partial charge in [0.2, 0.25) is 5.91 Å². The van der Waals surface area contributed by atoms with Gasteiger partial charge in [0, 0.05) is 24.9 Å². The Morgan fingerprint density at radius 1 is 1.12 bits per heavy atom. The summed E-state index contributed by atoms with van der Waals surface area (Å²) in [6.07, 6.45) is 9.34. The van der Waals surface area contributed by atoms with Crippen LogP contribution < -0.4 is 4.90 Å². The zero-order valence-electron chi connectivity index (χ0n) is 20.6. The van der Waals surface area contributed by atoms with Gasteiger partial charge in [0.15, 0.2) is 5.17 Å². The summed E-state index contributed by atoms with van der Waals surface area (Å²) in [6, 6.07) is 8.60. The zero-order chi connectivity index (χ0) is 22.5. The first-order valence-electron chi connectivity index (χ1n) is 12.8. The van der Waals surface area contributed by atoms with Crippen LogP contribution in [0.5, 0.6) is 0 Å². The van der Waals surface area contributed by atoms with Gasteiger partial charge in [-0.2, -0.15) is 0 Å². The summed E-state index contributed by atoms with van der Waals surface area (Å²) >= 11 is 1.88. The molecule has 1 aromatic rings. The molecule has 1 aromatic carbocycles. The molecule has 1 unspecified atom stereocenters. The van der Waals surface area contributed by atoms with Crippen molar-refractivity contribution in [3.63, 3.8) is 0 Å². The van der Waals surface area contributed by atoms with E-state index >= 15 is 0 Å². The van der Waals surface area contributed by atoms with Crippen LogP contribution >= 0.6 is 24.2 Å². The number of rotatable bonds is 6. The van der Waals surface area contributed by atoms with E-state index in [9.17, 15) is 4.79 Å². The number of aliphatic imine (C=N–C) groups is 1. The standard InChI is InChI=1S/C27H39N3OS.ClH/c1-5-10-29-25(30(19(4)31)24-8-6-23(7-9-24)18(2)3)17-32-26(29)28-27-14-20-11-21(15-27)13-22(12-20)16-27;/h6-9,18,20-22,25H,5,10-17H2,1-4H3;1H. The van der Waals surface area contributed by atoms with Crippen LogP contribution in [0.3, 0.4) is 0 Å². The van der Waals surface area contributed by atoms with E-state index in [4.69, 9.17) is 4.99 Å². The number of hydrogen-bond donors (Lipinski definition) is 0. The molecule has 1 heterocycles. The summed E-state index contributed by atoms with van der Waals surface area (Å²) in [7, 11) is 0. The minimum atomic E-state index is 0. The molecule has 0 radical (unpaired) electrons. The molecular formula is C27H40ClN3OS. The van der Waals surface area contributed by atoms with E-state index in [2.05, 4.69) is 49.9 Å². The van der Waals surface area contributed by atoms with E-state index in [1.165, 1.54) is 49.3 Å². The number of thioether (sulfide) groups is 1. The second-order valence-corrected chi connectivity index (χ2v) is 12.1. The topological polar surface area (TPSA) is 35.9 Å². The summed E-state index contributed by atoms with van der Waals surface area (Å²) in [5, 5.41) is 1.20. The average Bonchev–Trinajstić information content (AvgIpc) is 3.09. The number of anilines is 1. The summed E-state index contributed by atoms with van der Waals surface area (Å²) < 4.78 is 0. The monoisotopic (exact) mass is 489 g/mol. The average molecular weight is 490 g/mol. The molecule has 1 atom stereocenters. The molecule has 4 bridgehead atoms. The van der Waals surface area contributed by atoms with Crippen LogP contribution in [-0.2, 0) is 4.79 Å². The molecule has 33 heavy (non-hydrogen) atoms. The van der Waals surface area contributed by atoms with Gasteiger partial charge in [-0.1, -0.05) is 44.7 Å². The third-order valence-electron chi connectivity index (χ3n) is 8.25. The van der Waals surface area contributed by atoms with Crippen LogP contribution in [0.2, 0.25) is 0 Å². The van der Waals surface area contributed by atoms with Crippen molar-refractivity contribution in [3.8, 4) is 0 Å². The number of amides is 1. The molecule has 4 saturated carbocycles. The molecule has 0 N–H and O–H groups in total. The maximum atomic E-state index is 12.9. The Bertz CT molecular complexity index is 849. The highest BCUT2D eigenvalue weighted by atomic mass is 35.5. The van der Waals surface area contributed by atoms with Crippen LogP contribution in [0.1, 0.15) is 84.1 Å². The molecule has 5 fully saturated rings. The minimum absolute atomic E-state index is 0. The van der Waals surface area contributed by atoms with Crippen molar-refractivity contribution in [1.82, 2.24) is 4.90 Å². The van der Waals surface area contributed by atoms with Crippen LogP contribution in [0, 0.1) is 17.8 Å². The Morgan fingerprint density at radius 3 is 2.18 bits per heavy atom. The quantitative estimate of drug-likeness (QED) is 0.446. The molecule has 4 aliphatic carbocycles. The summed E-state index contributed by atoms with van der Waals surface area (Å²) in [5.41, 5.74) is 2.50. The van der Waals surface area contributed by atoms with E-state index in [1.807, 2.05) is 16.7 Å². The molecule has 182 valence electrons. The van der Waals surface area contributed by atoms with E-state index in [0.29, 0.717) is 5.92 Å². The third-order valence-corrected chi connectivity index (χ3v) is 9.29. The van der Waals surface area contributed by atoms with Gasteiger partial charge in [0.1, 0.15) is 6.17 Å². The molecule has 0 aromatic heterocycles. The fourth-order valence-corrected chi connectivity index (χ4v) is 8.50. The molecule has 6 rings (SSSR count). The molecule has 1 amide bonds. The van der Waals surface area contributed by atoms with Crippen molar-refractivity contribution in [1.29, 1.82) is 0 Å². The van der Waals surface area contributed by atoms with Gasteiger partial charge in [0.25, 0.3) is 0 Å². The van der Waals surface area contributed by atoms with Gasteiger partial charge >= 0.3 is 0 Å². The minimum Gasteiger partial charge on any atom is -0.330 e. The molecule has 1 aliphatic heterocycles. The van der Waals surface area contributed by atoms with Gasteiger partial charge in [-0.15, -0.1) is 12.4 Å². The highest BCUT2D eigenvalue weighted by molar-refractivity contribution is 8.14. The normalized spacial score (nSPS) is 33.6. The van der Waals surface area contributed by atoms with Crippen LogP contribution in [0.25, 0.3) is 0 Å². The third kappa shape index (κ3) is 4.82. The Labute approximate surface area is 210 Å². The number of carbonyl (C=O) groups is 1. The highest BCUT2D eigenvalue weighted by Gasteiger charge is 2.52. The van der Waals surface area contributed by atoms with Crippen molar-refractivity contribution in [3.05, 3.63) is 29.8 Å². The van der Waals surface area contributed by atoms with Gasteiger partial charge in [-0.25, -0.2) is 0 Å². The largest absolute Gasteiger partial charge is 0.330 e. The summed E-state index contributed by atoms with van der Waals surface area (Å²) in [4.78, 5) is 22.9. The molecule has 0 spiro atoms. The van der Waals surface area contributed by atoms with Crippen LogP contribution in [-0.4, -0.2) is 40.0 Å². The number of halogens is 1. The van der Waals surface area contributed by atoms with Crippen molar-refractivity contribution < 1.29 is 4.79 Å². The lowest BCUT2D eigenvalue weighted by atomic mass is 9.53. The number of benzene rings is 1. The van der Waals surface area contributed by atoms with E-state index in [-0.39, 0.29) is 30.0 Å². The van der Waals surface area contributed by atoms with E-state index in [1.54, 1.807) is 6.92 Å². The molecule has 6 heteroatoms. The summed E-state index contributed by atoms with van der Waals surface area (Å²) in [5.74, 6) is 4.22. The number of hydrogen-bond acceptors (Lipinski definition) is 3. The number of carbonyl (C=O) groups excluding carboxylic acids is 1. The molecular weight excluding hydrogens is 450 g/mol. The highest BCUT2D eigenvalue weighted by Crippen LogP contribution is 2.57. The molecule has 5 aliphatic rings. The first kappa shape index (κ1) is 24.9. The fraction of sp³-hybridized carbons (Fsp3) is 0.704. The van der Waals surface area contributed by atoms with Crippen molar-refractivity contribution in [2.45, 2.75) is 90.3 Å². The maximum absolute atomic E-state index is 12.9. The Balaban J connectivity index is 0.00000259. The maximum Gasteiger partial charge on any atom is 0.225 e. The van der Waals surface area contributed by atoms with Crippen molar-refractivity contribution in [2.24, 2.45) is 22.7 Å². The van der Waals surface area contributed by atoms with E-state index in [0.717, 1.165) is 42.2 Å². The number of nitrogens with zero attached hydrogens (tertiary/aromatic N) is 3. The Kier molecular flexibility index (Phi) is 7.41. The predicted molar refractivity (Wildman–Crippen MR) is 143 cm³/mol. The molecule has 1 saturated heterocycles. The zero-order valence-corrected chi connectivity index (χ0v) is 22.3. The Morgan fingerprint density at radius 2 is 1.70 bits per heavy atom. The SMILES string of the molecule is CCCN1C(=NC23CC4CC(CC(C4)C2)C3)SCC1N(C(C)=O)c1ccc(C(C)C)cc1.Cl. The summed E-state index contributed by atoms with van der Waals surface area (Å²) in [6.45, 7) is 9.32. The first-order valence-corrected chi connectivity index (χ1v) is 13.7. The van der Waals surface area contributed by atoms with Gasteiger partial charge < -0.3 is 4.90 Å². The second kappa shape index (κ2) is 9.81. The van der Waals surface area contributed by atoms with Crippen molar-refractivity contribution in [2.75, 3.05) is 17.2 Å². The van der Waals surface area contributed by atoms with Gasteiger partial charge in [-0.05, 0) is 86.3 Å². The Hall–Kier alpha value is -1.20. The van der Waals surface area contributed by atoms with Crippen LogP contribution in [0.4, 0.5) is 5.69 Å². The van der Waals surface area contributed by atoms with Crippen LogP contribution in [0.15, 0.2) is 29.3 Å². The van der Waals surface area contributed by atoms with E-state index < -0.39 is 0 Å².